The standard InChI is InChI=1S/C17H22N6O4S/c1-26-13-8-7-11(9-14(13)27-2)16(25)19-18-15(24)10-28-17-20-21-22-23(17)12-5-3-4-6-12/h7-9,12H,3-6,10H2,1-2H3,(H,18,24)(H,19,25). The van der Waals surface area contributed by atoms with E-state index in [1.54, 1.807) is 16.8 Å². The number of hydrogen-bond donors (Lipinski definition) is 2. The molecule has 2 N–H and O–H groups in total. The van der Waals surface area contributed by atoms with Gasteiger partial charge in [0, 0.05) is 5.56 Å². The molecule has 0 unspecified atom stereocenters. The molecule has 1 aromatic carbocycles. The Kier molecular flexibility index (Phi) is 6.69. The topological polar surface area (TPSA) is 120 Å². The maximum Gasteiger partial charge on any atom is 0.269 e. The van der Waals surface area contributed by atoms with Gasteiger partial charge in [0.25, 0.3) is 5.91 Å². The summed E-state index contributed by atoms with van der Waals surface area (Å²) in [6, 6.07) is 5.03. The molecule has 0 bridgehead atoms. The van der Waals surface area contributed by atoms with Gasteiger partial charge in [0.15, 0.2) is 11.5 Å². The molecule has 28 heavy (non-hydrogen) atoms. The van der Waals surface area contributed by atoms with Gasteiger partial charge < -0.3 is 9.47 Å². The molecule has 2 aromatic rings. The number of tetrazole rings is 1. The molecule has 3 rings (SSSR count). The van der Waals surface area contributed by atoms with Crippen LogP contribution >= 0.6 is 11.8 Å². The molecule has 1 aliphatic rings. The summed E-state index contributed by atoms with van der Waals surface area (Å²) >= 11 is 1.23. The Hall–Kier alpha value is -2.82. The Labute approximate surface area is 166 Å². The van der Waals surface area contributed by atoms with E-state index in [9.17, 15) is 9.59 Å². The molecule has 1 aliphatic carbocycles. The minimum Gasteiger partial charge on any atom is -0.493 e. The summed E-state index contributed by atoms with van der Waals surface area (Å²) in [5, 5.41) is 12.3. The molecule has 0 saturated heterocycles. The molecule has 1 heterocycles. The predicted molar refractivity (Wildman–Crippen MR) is 101 cm³/mol. The SMILES string of the molecule is COc1ccc(C(=O)NNC(=O)CSc2nnnn2C2CCCC2)cc1OC. The number of thioether (sulfide) groups is 1. The smallest absolute Gasteiger partial charge is 0.269 e. The second kappa shape index (κ2) is 9.40. The maximum absolute atomic E-state index is 12.2. The van der Waals surface area contributed by atoms with Crippen LogP contribution < -0.4 is 20.3 Å². The quantitative estimate of drug-likeness (QED) is 0.522. The number of carbonyl (C=O) groups is 2. The van der Waals surface area contributed by atoms with Gasteiger partial charge in [-0.25, -0.2) is 4.68 Å². The van der Waals surface area contributed by atoms with Crippen LogP contribution in [0.2, 0.25) is 0 Å². The lowest BCUT2D eigenvalue weighted by Crippen LogP contribution is -2.42. The molecule has 10 nitrogen and oxygen atoms in total. The predicted octanol–water partition coefficient (Wildman–Crippen LogP) is 1.36. The molecule has 0 radical (unpaired) electrons. The number of amides is 2. The maximum atomic E-state index is 12.2. The van der Waals surface area contributed by atoms with Crippen molar-refractivity contribution in [2.75, 3.05) is 20.0 Å². The summed E-state index contributed by atoms with van der Waals surface area (Å²) in [4.78, 5) is 24.3. The lowest BCUT2D eigenvalue weighted by Gasteiger charge is -2.11. The number of methoxy groups -OCH3 is 2. The number of nitrogens with one attached hydrogen (secondary N) is 2. The van der Waals surface area contributed by atoms with E-state index >= 15 is 0 Å². The van der Waals surface area contributed by atoms with E-state index in [1.807, 2.05) is 0 Å². The van der Waals surface area contributed by atoms with Crippen molar-refractivity contribution in [1.29, 1.82) is 0 Å². The summed E-state index contributed by atoms with van der Waals surface area (Å²) < 4.78 is 12.1. The molecule has 0 atom stereocenters. The van der Waals surface area contributed by atoms with Gasteiger partial charge in [-0.1, -0.05) is 24.6 Å². The minimum atomic E-state index is -0.463. The Balaban J connectivity index is 1.49. The van der Waals surface area contributed by atoms with Crippen LogP contribution in [-0.4, -0.2) is 52.0 Å². The summed E-state index contributed by atoms with van der Waals surface area (Å²) in [5.41, 5.74) is 5.10. The first kappa shape index (κ1) is 19.9. The van der Waals surface area contributed by atoms with Gasteiger partial charge in [-0.3, -0.25) is 20.4 Å². The first-order valence-electron chi connectivity index (χ1n) is 8.84. The number of benzene rings is 1. The van der Waals surface area contributed by atoms with E-state index in [0.29, 0.717) is 28.3 Å². The Morgan fingerprint density at radius 1 is 1.18 bits per heavy atom. The number of ether oxygens (including phenoxy) is 2. The zero-order chi connectivity index (χ0) is 19.9. The molecule has 1 saturated carbocycles. The van der Waals surface area contributed by atoms with Gasteiger partial charge in [-0.05, 0) is 41.5 Å². The molecule has 2 amide bonds. The van der Waals surface area contributed by atoms with E-state index < -0.39 is 5.91 Å². The molecule has 1 aromatic heterocycles. The van der Waals surface area contributed by atoms with Crippen LogP contribution in [0.4, 0.5) is 0 Å². The number of rotatable bonds is 7. The first-order chi connectivity index (χ1) is 13.6. The van der Waals surface area contributed by atoms with Crippen molar-refractivity contribution in [3.8, 4) is 11.5 Å². The molecular formula is C17H22N6O4S. The van der Waals surface area contributed by atoms with Gasteiger partial charge in [0.05, 0.1) is 26.0 Å². The minimum absolute atomic E-state index is 0.0826. The van der Waals surface area contributed by atoms with Crippen molar-refractivity contribution in [3.63, 3.8) is 0 Å². The monoisotopic (exact) mass is 406 g/mol. The summed E-state index contributed by atoms with van der Waals surface area (Å²) in [6.45, 7) is 0. The number of hydrazine groups is 1. The highest BCUT2D eigenvalue weighted by molar-refractivity contribution is 7.99. The zero-order valence-electron chi connectivity index (χ0n) is 15.7. The third-order valence-electron chi connectivity index (χ3n) is 4.43. The highest BCUT2D eigenvalue weighted by atomic mass is 32.2. The van der Waals surface area contributed by atoms with Gasteiger partial charge in [-0.2, -0.15) is 0 Å². The van der Waals surface area contributed by atoms with Gasteiger partial charge in [-0.15, -0.1) is 5.10 Å². The zero-order valence-corrected chi connectivity index (χ0v) is 16.5. The van der Waals surface area contributed by atoms with Crippen LogP contribution in [0, 0.1) is 0 Å². The summed E-state index contributed by atoms with van der Waals surface area (Å²) in [6.07, 6.45) is 4.42. The Morgan fingerprint density at radius 2 is 1.93 bits per heavy atom. The van der Waals surface area contributed by atoms with E-state index in [1.165, 1.54) is 32.0 Å². The van der Waals surface area contributed by atoms with Gasteiger partial charge in [0.1, 0.15) is 0 Å². The average Bonchev–Trinajstić information content (AvgIpc) is 3.41. The molecule has 150 valence electrons. The molecule has 0 spiro atoms. The number of aromatic nitrogens is 4. The Bertz CT molecular complexity index is 837. The normalized spacial score (nSPS) is 13.9. The lowest BCUT2D eigenvalue weighted by atomic mass is 10.2. The van der Waals surface area contributed by atoms with Crippen molar-refractivity contribution in [2.24, 2.45) is 0 Å². The molecular weight excluding hydrogens is 384 g/mol. The fourth-order valence-electron chi connectivity index (χ4n) is 3.00. The fraction of sp³-hybridized carbons (Fsp3) is 0.471. The summed E-state index contributed by atoms with van der Waals surface area (Å²) in [5.74, 6) is 0.199. The van der Waals surface area contributed by atoms with Crippen molar-refractivity contribution in [1.82, 2.24) is 31.1 Å². The highest BCUT2D eigenvalue weighted by Gasteiger charge is 2.22. The molecule has 11 heteroatoms. The van der Waals surface area contributed by atoms with Crippen molar-refractivity contribution in [2.45, 2.75) is 36.9 Å². The lowest BCUT2D eigenvalue weighted by molar-refractivity contribution is -0.119. The Morgan fingerprint density at radius 3 is 2.64 bits per heavy atom. The number of carbonyl (C=O) groups excluding carboxylic acids is 2. The van der Waals surface area contributed by atoms with Crippen molar-refractivity contribution >= 4 is 23.6 Å². The van der Waals surface area contributed by atoms with Crippen LogP contribution in [0.15, 0.2) is 23.4 Å². The summed E-state index contributed by atoms with van der Waals surface area (Å²) in [7, 11) is 3.00. The van der Waals surface area contributed by atoms with Gasteiger partial charge >= 0.3 is 0 Å². The molecule has 1 fully saturated rings. The average molecular weight is 406 g/mol. The van der Waals surface area contributed by atoms with Crippen LogP contribution in [0.5, 0.6) is 11.5 Å². The molecule has 0 aliphatic heterocycles. The van der Waals surface area contributed by atoms with Crippen LogP contribution in [0.25, 0.3) is 0 Å². The van der Waals surface area contributed by atoms with Crippen LogP contribution in [-0.2, 0) is 4.79 Å². The van der Waals surface area contributed by atoms with E-state index in [4.69, 9.17) is 9.47 Å². The van der Waals surface area contributed by atoms with Crippen LogP contribution in [0.3, 0.4) is 0 Å². The second-order valence-corrected chi connectivity index (χ2v) is 7.15. The number of hydrogen-bond acceptors (Lipinski definition) is 8. The highest BCUT2D eigenvalue weighted by Crippen LogP contribution is 2.31. The van der Waals surface area contributed by atoms with E-state index in [0.717, 1.165) is 25.7 Å². The third kappa shape index (κ3) is 4.71. The number of nitrogens with zero attached hydrogens (tertiary/aromatic N) is 4. The van der Waals surface area contributed by atoms with Gasteiger partial charge in [0.2, 0.25) is 11.1 Å². The van der Waals surface area contributed by atoms with Crippen molar-refractivity contribution in [3.05, 3.63) is 23.8 Å². The van der Waals surface area contributed by atoms with E-state index in [-0.39, 0.29) is 11.7 Å². The van der Waals surface area contributed by atoms with E-state index in [2.05, 4.69) is 26.4 Å². The first-order valence-corrected chi connectivity index (χ1v) is 9.82. The second-order valence-electron chi connectivity index (χ2n) is 6.21. The largest absolute Gasteiger partial charge is 0.493 e. The third-order valence-corrected chi connectivity index (χ3v) is 5.36. The van der Waals surface area contributed by atoms with Crippen LogP contribution in [0.1, 0.15) is 42.1 Å². The van der Waals surface area contributed by atoms with Crippen molar-refractivity contribution < 1.29 is 19.1 Å². The fourth-order valence-corrected chi connectivity index (χ4v) is 3.75.